The number of nitrogens with zero attached hydrogens (tertiary/aromatic N) is 1. The van der Waals surface area contributed by atoms with Gasteiger partial charge in [0.2, 0.25) is 5.91 Å². The average molecular weight is 445 g/mol. The van der Waals surface area contributed by atoms with Gasteiger partial charge in [0.05, 0.1) is 13.4 Å². The minimum absolute atomic E-state index is 0.0181. The van der Waals surface area contributed by atoms with E-state index in [0.717, 1.165) is 12.1 Å². The number of rotatable bonds is 7. The zero-order valence-electron chi connectivity index (χ0n) is 18.0. The van der Waals surface area contributed by atoms with Crippen molar-refractivity contribution in [1.29, 1.82) is 0 Å². The summed E-state index contributed by atoms with van der Waals surface area (Å²) < 4.78 is 10.4. The molecule has 0 saturated carbocycles. The van der Waals surface area contributed by atoms with Crippen LogP contribution in [0.4, 0.5) is 11.4 Å². The largest absolute Gasteiger partial charge is 0.497 e. The molecule has 1 aromatic heterocycles. The highest BCUT2D eigenvalue weighted by atomic mass is 16.5. The molecule has 1 aliphatic rings. The second-order valence-electron chi connectivity index (χ2n) is 7.41. The molecule has 0 atom stereocenters. The Morgan fingerprint density at radius 3 is 2.42 bits per heavy atom. The number of carbonyl (C=O) groups excluding carboxylic acids is 3. The van der Waals surface area contributed by atoms with Crippen LogP contribution in [0.3, 0.4) is 0 Å². The van der Waals surface area contributed by atoms with Crippen LogP contribution in [-0.4, -0.2) is 31.4 Å². The summed E-state index contributed by atoms with van der Waals surface area (Å²) in [7, 11) is 1.54. The fraction of sp³-hybridized carbons (Fsp3) is 0.160. The van der Waals surface area contributed by atoms with E-state index in [9.17, 15) is 14.4 Å². The number of hydrogen-bond donors (Lipinski definition) is 2. The fourth-order valence-electron chi connectivity index (χ4n) is 3.46. The van der Waals surface area contributed by atoms with Gasteiger partial charge in [-0.15, -0.1) is 0 Å². The summed E-state index contributed by atoms with van der Waals surface area (Å²) in [6.45, 7) is 0.692. The van der Waals surface area contributed by atoms with E-state index in [1.54, 1.807) is 72.7 Å². The van der Waals surface area contributed by atoms with Gasteiger partial charge in [0.25, 0.3) is 11.8 Å². The zero-order valence-corrected chi connectivity index (χ0v) is 18.0. The van der Waals surface area contributed by atoms with Gasteiger partial charge in [0.15, 0.2) is 0 Å². The summed E-state index contributed by atoms with van der Waals surface area (Å²) in [4.78, 5) is 39.4. The summed E-state index contributed by atoms with van der Waals surface area (Å²) in [6.07, 6.45) is 4.32. The maximum atomic E-state index is 13.0. The molecule has 0 unspecified atom stereocenters. The third kappa shape index (κ3) is 5.30. The molecule has 168 valence electrons. The first-order valence-corrected chi connectivity index (χ1v) is 10.5. The molecule has 8 heteroatoms. The van der Waals surface area contributed by atoms with Gasteiger partial charge < -0.3 is 24.7 Å². The topological polar surface area (TPSA) is 101 Å². The van der Waals surface area contributed by atoms with Crippen LogP contribution >= 0.6 is 0 Å². The quantitative estimate of drug-likeness (QED) is 0.539. The molecule has 1 fully saturated rings. The van der Waals surface area contributed by atoms with Gasteiger partial charge in [-0.05, 0) is 67.1 Å². The van der Waals surface area contributed by atoms with Crippen LogP contribution in [0.2, 0.25) is 0 Å². The van der Waals surface area contributed by atoms with Crippen molar-refractivity contribution in [1.82, 2.24) is 5.32 Å². The van der Waals surface area contributed by atoms with Gasteiger partial charge in [-0.1, -0.05) is 0 Å². The van der Waals surface area contributed by atoms with Gasteiger partial charge in [-0.2, -0.15) is 0 Å². The number of furan rings is 1. The highest BCUT2D eigenvalue weighted by molar-refractivity contribution is 6.10. The van der Waals surface area contributed by atoms with Gasteiger partial charge >= 0.3 is 0 Å². The van der Waals surface area contributed by atoms with Gasteiger partial charge in [-0.3, -0.25) is 14.4 Å². The Kier molecular flexibility index (Phi) is 6.54. The molecule has 0 radical (unpaired) electrons. The third-order valence-corrected chi connectivity index (χ3v) is 5.19. The van der Waals surface area contributed by atoms with E-state index in [0.29, 0.717) is 35.7 Å². The Labute approximate surface area is 190 Å². The van der Waals surface area contributed by atoms with Crippen LogP contribution in [0.25, 0.3) is 6.08 Å². The molecule has 1 aliphatic heterocycles. The Hall–Kier alpha value is -4.33. The monoisotopic (exact) mass is 445 g/mol. The highest BCUT2D eigenvalue weighted by Gasteiger charge is 2.21. The summed E-state index contributed by atoms with van der Waals surface area (Å²) >= 11 is 0. The lowest BCUT2D eigenvalue weighted by Crippen LogP contribution is -2.30. The normalized spacial score (nSPS) is 13.7. The van der Waals surface area contributed by atoms with Crippen molar-refractivity contribution in [2.45, 2.75) is 12.8 Å². The highest BCUT2D eigenvalue weighted by Crippen LogP contribution is 2.23. The minimum Gasteiger partial charge on any atom is -0.497 e. The third-order valence-electron chi connectivity index (χ3n) is 5.19. The Morgan fingerprint density at radius 1 is 1.06 bits per heavy atom. The molecule has 1 saturated heterocycles. The summed E-state index contributed by atoms with van der Waals surface area (Å²) in [5, 5.41) is 5.42. The van der Waals surface area contributed by atoms with E-state index < -0.39 is 11.8 Å². The van der Waals surface area contributed by atoms with E-state index in [1.807, 2.05) is 0 Å². The lowest BCUT2D eigenvalue weighted by atomic mass is 10.2. The first kappa shape index (κ1) is 21.9. The smallest absolute Gasteiger partial charge is 0.272 e. The molecular formula is C25H23N3O5. The molecule has 2 N–H and O–H groups in total. The maximum absolute atomic E-state index is 13.0. The summed E-state index contributed by atoms with van der Waals surface area (Å²) in [5.41, 5.74) is 1.70. The summed E-state index contributed by atoms with van der Waals surface area (Å²) in [6, 6.07) is 16.9. The minimum atomic E-state index is -0.515. The lowest BCUT2D eigenvalue weighted by Gasteiger charge is -2.16. The Morgan fingerprint density at radius 2 is 1.82 bits per heavy atom. The van der Waals surface area contributed by atoms with Crippen LogP contribution in [-0.2, 0) is 9.59 Å². The average Bonchev–Trinajstić information content (AvgIpc) is 3.51. The molecule has 4 rings (SSSR count). The molecule has 2 aromatic carbocycles. The molecule has 0 spiro atoms. The predicted molar refractivity (Wildman–Crippen MR) is 124 cm³/mol. The Bertz CT molecular complexity index is 1170. The number of nitrogens with one attached hydrogen (secondary N) is 2. The number of hydrogen-bond acceptors (Lipinski definition) is 5. The Balaban J connectivity index is 1.50. The van der Waals surface area contributed by atoms with Crippen LogP contribution < -0.4 is 20.3 Å². The first-order valence-electron chi connectivity index (χ1n) is 10.5. The molecule has 0 aliphatic carbocycles. The van der Waals surface area contributed by atoms with Crippen LogP contribution in [0.15, 0.2) is 77.0 Å². The number of amides is 3. The number of ether oxygens (including phenoxy) is 1. The van der Waals surface area contributed by atoms with Crippen molar-refractivity contribution in [3.8, 4) is 5.75 Å². The van der Waals surface area contributed by atoms with Crippen molar-refractivity contribution in [3.63, 3.8) is 0 Å². The molecule has 0 bridgehead atoms. The number of anilines is 2. The molecular weight excluding hydrogens is 422 g/mol. The number of carbonyl (C=O) groups is 3. The SMILES string of the molecule is COc1ccc(C(=O)N/C(=C\c2ccco2)C(=O)Nc2ccc(N3CCCC3=O)cc2)cc1. The van der Waals surface area contributed by atoms with Crippen LogP contribution in [0, 0.1) is 0 Å². The molecule has 3 amide bonds. The van der Waals surface area contributed by atoms with E-state index in [2.05, 4.69) is 10.6 Å². The van der Waals surface area contributed by atoms with Crippen molar-refractivity contribution >= 4 is 35.2 Å². The van der Waals surface area contributed by atoms with E-state index in [4.69, 9.17) is 9.15 Å². The van der Waals surface area contributed by atoms with Crippen molar-refractivity contribution in [2.75, 3.05) is 23.9 Å². The van der Waals surface area contributed by atoms with Gasteiger partial charge in [0, 0.05) is 36.0 Å². The lowest BCUT2D eigenvalue weighted by molar-refractivity contribution is -0.117. The predicted octanol–water partition coefficient (Wildman–Crippen LogP) is 3.82. The van der Waals surface area contributed by atoms with Crippen molar-refractivity contribution < 1.29 is 23.5 Å². The zero-order chi connectivity index (χ0) is 23.2. The number of benzene rings is 2. The van der Waals surface area contributed by atoms with Gasteiger partial charge in [-0.25, -0.2) is 0 Å². The van der Waals surface area contributed by atoms with Crippen molar-refractivity contribution in [2.24, 2.45) is 0 Å². The maximum Gasteiger partial charge on any atom is 0.272 e. The summed E-state index contributed by atoms with van der Waals surface area (Å²) in [5.74, 6) is 0.163. The molecule has 2 heterocycles. The first-order chi connectivity index (χ1) is 16.0. The standard InChI is InChI=1S/C25H23N3O5/c1-32-20-12-6-17(7-13-20)24(30)27-22(16-21-4-3-15-33-21)25(31)26-18-8-10-19(11-9-18)28-14-2-5-23(28)29/h3-4,6-13,15-16H,2,5,14H2,1H3,(H,26,31)(H,27,30)/b22-16-. The number of methoxy groups -OCH3 is 1. The second kappa shape index (κ2) is 9.86. The molecule has 33 heavy (non-hydrogen) atoms. The van der Waals surface area contributed by atoms with Crippen molar-refractivity contribution in [3.05, 3.63) is 83.9 Å². The molecule has 3 aromatic rings. The van der Waals surface area contributed by atoms with E-state index in [-0.39, 0.29) is 11.6 Å². The van der Waals surface area contributed by atoms with Crippen LogP contribution in [0.1, 0.15) is 29.0 Å². The van der Waals surface area contributed by atoms with E-state index >= 15 is 0 Å². The molecule has 8 nitrogen and oxygen atoms in total. The van der Waals surface area contributed by atoms with Gasteiger partial charge in [0.1, 0.15) is 17.2 Å². The van der Waals surface area contributed by atoms with Crippen LogP contribution in [0.5, 0.6) is 5.75 Å². The fourth-order valence-corrected chi connectivity index (χ4v) is 3.46. The van der Waals surface area contributed by atoms with E-state index in [1.165, 1.54) is 12.3 Å². The second-order valence-corrected chi connectivity index (χ2v) is 7.41.